The van der Waals surface area contributed by atoms with Crippen LogP contribution in [0.15, 0.2) is 65.1 Å². The topological polar surface area (TPSA) is 37.3 Å². The first-order valence-electron chi connectivity index (χ1n) is 8.31. The normalized spacial score (nSPS) is 13.4. The van der Waals surface area contributed by atoms with Crippen molar-refractivity contribution in [1.82, 2.24) is 4.98 Å². The number of aromatic nitrogens is 1. The first kappa shape index (κ1) is 17.8. The Hall–Kier alpha value is -1.98. The van der Waals surface area contributed by atoms with Crippen LogP contribution in [0, 0.1) is 0 Å². The van der Waals surface area contributed by atoms with Crippen LogP contribution < -0.4 is 5.43 Å². The molecular formula is C20H20BrN3S. The van der Waals surface area contributed by atoms with Crippen LogP contribution in [0.3, 0.4) is 0 Å². The SMILES string of the molecule is Br.c1ccc(-c2ccc(-c3csc(NN=C4CCCC4)n3)cc2)cc1. The fourth-order valence-corrected chi connectivity index (χ4v) is 3.60. The molecule has 1 aromatic heterocycles. The van der Waals surface area contributed by atoms with Gasteiger partial charge < -0.3 is 0 Å². The van der Waals surface area contributed by atoms with Crippen LogP contribution in [-0.2, 0) is 0 Å². The molecule has 2 aromatic carbocycles. The van der Waals surface area contributed by atoms with Gasteiger partial charge >= 0.3 is 0 Å². The standard InChI is InChI=1S/C20H19N3S.BrH/c1-2-6-15(7-3-1)16-10-12-17(13-11-16)19-14-24-20(21-19)23-22-18-8-4-5-9-18;/h1-3,6-7,10-14H,4-5,8-9H2,(H,21,23);1H. The molecule has 1 heterocycles. The van der Waals surface area contributed by atoms with Crippen molar-refractivity contribution in [1.29, 1.82) is 0 Å². The Morgan fingerprint density at radius 1 is 0.840 bits per heavy atom. The Morgan fingerprint density at radius 3 is 2.20 bits per heavy atom. The summed E-state index contributed by atoms with van der Waals surface area (Å²) < 4.78 is 0. The maximum Gasteiger partial charge on any atom is 0.203 e. The van der Waals surface area contributed by atoms with Crippen molar-refractivity contribution in [3.8, 4) is 22.4 Å². The van der Waals surface area contributed by atoms with Gasteiger partial charge in [0.1, 0.15) is 0 Å². The van der Waals surface area contributed by atoms with Gasteiger partial charge in [-0.3, -0.25) is 5.43 Å². The number of nitrogens with one attached hydrogen (secondary N) is 1. The molecule has 1 saturated carbocycles. The second-order valence-corrected chi connectivity index (χ2v) is 6.84. The summed E-state index contributed by atoms with van der Waals surface area (Å²) in [7, 11) is 0. The molecule has 0 spiro atoms. The lowest BCUT2D eigenvalue weighted by molar-refractivity contribution is 0.886. The molecule has 0 saturated heterocycles. The fourth-order valence-electron chi connectivity index (χ4n) is 2.94. The molecule has 3 aromatic rings. The molecule has 4 rings (SSSR count). The summed E-state index contributed by atoms with van der Waals surface area (Å²) in [5, 5.41) is 7.40. The monoisotopic (exact) mass is 413 g/mol. The summed E-state index contributed by atoms with van der Waals surface area (Å²) in [4.78, 5) is 4.64. The van der Waals surface area contributed by atoms with E-state index in [1.165, 1.54) is 29.7 Å². The Balaban J connectivity index is 0.00000182. The van der Waals surface area contributed by atoms with E-state index in [1.54, 1.807) is 11.3 Å². The van der Waals surface area contributed by atoms with E-state index in [2.05, 4.69) is 69.4 Å². The van der Waals surface area contributed by atoms with Gasteiger partial charge in [-0.05, 0) is 36.8 Å². The van der Waals surface area contributed by atoms with Gasteiger partial charge in [-0.1, -0.05) is 54.6 Å². The third-order valence-corrected chi connectivity index (χ3v) is 5.03. The molecule has 5 heteroatoms. The third-order valence-electron chi connectivity index (χ3n) is 4.28. The molecular weight excluding hydrogens is 394 g/mol. The van der Waals surface area contributed by atoms with E-state index in [1.807, 2.05) is 6.07 Å². The zero-order valence-electron chi connectivity index (χ0n) is 13.8. The number of hydrogen-bond acceptors (Lipinski definition) is 4. The van der Waals surface area contributed by atoms with E-state index in [4.69, 9.17) is 0 Å². The molecule has 0 radical (unpaired) electrons. The number of nitrogens with zero attached hydrogens (tertiary/aromatic N) is 2. The van der Waals surface area contributed by atoms with Crippen LogP contribution in [0.1, 0.15) is 25.7 Å². The minimum absolute atomic E-state index is 0. The summed E-state index contributed by atoms with van der Waals surface area (Å²) >= 11 is 1.60. The second-order valence-electron chi connectivity index (χ2n) is 5.98. The number of rotatable bonds is 4. The molecule has 0 amide bonds. The van der Waals surface area contributed by atoms with Gasteiger partial charge in [0.15, 0.2) is 0 Å². The number of anilines is 1. The van der Waals surface area contributed by atoms with E-state index >= 15 is 0 Å². The molecule has 0 atom stereocenters. The predicted octanol–water partition coefficient (Wildman–Crippen LogP) is 6.40. The minimum Gasteiger partial charge on any atom is -0.253 e. The van der Waals surface area contributed by atoms with Crippen LogP contribution in [0.5, 0.6) is 0 Å². The number of hydrogen-bond donors (Lipinski definition) is 1. The van der Waals surface area contributed by atoms with Crippen LogP contribution in [-0.4, -0.2) is 10.7 Å². The zero-order chi connectivity index (χ0) is 16.2. The molecule has 25 heavy (non-hydrogen) atoms. The highest BCUT2D eigenvalue weighted by Gasteiger charge is 2.09. The summed E-state index contributed by atoms with van der Waals surface area (Å²) in [5.74, 6) is 0. The van der Waals surface area contributed by atoms with Crippen molar-refractivity contribution in [3.63, 3.8) is 0 Å². The van der Waals surface area contributed by atoms with Gasteiger partial charge in [-0.25, -0.2) is 4.98 Å². The van der Waals surface area contributed by atoms with E-state index in [-0.39, 0.29) is 17.0 Å². The number of thiazole rings is 1. The number of benzene rings is 2. The molecule has 1 aliphatic rings. The lowest BCUT2D eigenvalue weighted by Crippen LogP contribution is -1.95. The molecule has 128 valence electrons. The Kier molecular flexibility index (Phi) is 6.00. The quantitative estimate of drug-likeness (QED) is 0.502. The van der Waals surface area contributed by atoms with Crippen LogP contribution in [0.25, 0.3) is 22.4 Å². The van der Waals surface area contributed by atoms with E-state index in [0.29, 0.717) is 0 Å². The van der Waals surface area contributed by atoms with Crippen molar-refractivity contribution < 1.29 is 0 Å². The van der Waals surface area contributed by atoms with E-state index < -0.39 is 0 Å². The van der Waals surface area contributed by atoms with E-state index in [9.17, 15) is 0 Å². The molecule has 1 fully saturated rings. The minimum atomic E-state index is 0. The smallest absolute Gasteiger partial charge is 0.203 e. The Morgan fingerprint density at radius 2 is 1.48 bits per heavy atom. The largest absolute Gasteiger partial charge is 0.253 e. The summed E-state index contributed by atoms with van der Waals surface area (Å²) in [6, 6.07) is 19.0. The summed E-state index contributed by atoms with van der Waals surface area (Å²) in [6.45, 7) is 0. The van der Waals surface area contributed by atoms with Crippen molar-refractivity contribution in [2.75, 3.05) is 5.43 Å². The first-order chi connectivity index (χ1) is 11.9. The van der Waals surface area contributed by atoms with Crippen molar-refractivity contribution in [2.24, 2.45) is 5.10 Å². The molecule has 0 aliphatic heterocycles. The van der Waals surface area contributed by atoms with Crippen LogP contribution in [0.4, 0.5) is 5.13 Å². The number of hydrazone groups is 1. The van der Waals surface area contributed by atoms with Crippen LogP contribution >= 0.6 is 28.3 Å². The highest BCUT2D eigenvalue weighted by atomic mass is 79.9. The highest BCUT2D eigenvalue weighted by Crippen LogP contribution is 2.28. The fraction of sp³-hybridized carbons (Fsp3) is 0.200. The zero-order valence-corrected chi connectivity index (χ0v) is 16.3. The van der Waals surface area contributed by atoms with Crippen LogP contribution in [0.2, 0.25) is 0 Å². The van der Waals surface area contributed by atoms with Gasteiger partial charge in [0.05, 0.1) is 5.69 Å². The Labute approximate surface area is 162 Å². The maximum absolute atomic E-state index is 4.64. The average Bonchev–Trinajstić information content (AvgIpc) is 3.33. The molecule has 0 bridgehead atoms. The first-order valence-corrected chi connectivity index (χ1v) is 9.19. The highest BCUT2D eigenvalue weighted by molar-refractivity contribution is 8.93. The third kappa shape index (κ3) is 4.35. The molecule has 1 aliphatic carbocycles. The molecule has 0 unspecified atom stereocenters. The molecule has 3 nitrogen and oxygen atoms in total. The average molecular weight is 414 g/mol. The summed E-state index contributed by atoms with van der Waals surface area (Å²) in [5.41, 5.74) is 8.95. The molecule has 1 N–H and O–H groups in total. The van der Waals surface area contributed by atoms with Gasteiger partial charge in [0.25, 0.3) is 0 Å². The van der Waals surface area contributed by atoms with E-state index in [0.717, 1.165) is 29.2 Å². The van der Waals surface area contributed by atoms with Gasteiger partial charge in [-0.2, -0.15) is 5.10 Å². The lowest BCUT2D eigenvalue weighted by atomic mass is 10.0. The second kappa shape index (κ2) is 8.41. The van der Waals surface area contributed by atoms with Gasteiger partial charge in [-0.15, -0.1) is 28.3 Å². The number of halogens is 1. The van der Waals surface area contributed by atoms with Gasteiger partial charge in [0, 0.05) is 16.7 Å². The summed E-state index contributed by atoms with van der Waals surface area (Å²) in [6.07, 6.45) is 4.76. The predicted molar refractivity (Wildman–Crippen MR) is 113 cm³/mol. The van der Waals surface area contributed by atoms with Crippen molar-refractivity contribution in [3.05, 3.63) is 60.0 Å². The maximum atomic E-state index is 4.64. The Bertz CT molecular complexity index is 833. The van der Waals surface area contributed by atoms with Crippen molar-refractivity contribution >= 4 is 39.2 Å². The van der Waals surface area contributed by atoms with Crippen molar-refractivity contribution in [2.45, 2.75) is 25.7 Å². The lowest BCUT2D eigenvalue weighted by Gasteiger charge is -2.02. The van der Waals surface area contributed by atoms with Gasteiger partial charge in [0.2, 0.25) is 5.13 Å².